The second-order valence-electron chi connectivity index (χ2n) is 2.96. The van der Waals surface area contributed by atoms with E-state index in [1.807, 2.05) is 0 Å². The zero-order valence-corrected chi connectivity index (χ0v) is 8.09. The van der Waals surface area contributed by atoms with Gasteiger partial charge in [0.15, 0.2) is 0 Å². The molecule has 0 radical (unpaired) electrons. The van der Waals surface area contributed by atoms with Gasteiger partial charge in [-0.15, -0.1) is 0 Å². The van der Waals surface area contributed by atoms with Crippen molar-refractivity contribution in [1.29, 1.82) is 0 Å². The van der Waals surface area contributed by atoms with Gasteiger partial charge in [-0.25, -0.2) is 0 Å². The van der Waals surface area contributed by atoms with E-state index in [2.05, 4.69) is 4.98 Å². The summed E-state index contributed by atoms with van der Waals surface area (Å²) in [6.45, 7) is 0. The number of aliphatic carboxylic acids is 1. The molecular formula is C11H11NO3. The van der Waals surface area contributed by atoms with Crippen LogP contribution in [0.4, 0.5) is 0 Å². The van der Waals surface area contributed by atoms with Gasteiger partial charge in [0.2, 0.25) is 0 Å². The molecule has 78 valence electrons. The number of allylic oxidation sites excluding steroid dienone is 1. The van der Waals surface area contributed by atoms with Gasteiger partial charge in [-0.1, -0.05) is 18.2 Å². The Morgan fingerprint density at radius 2 is 2.27 bits per heavy atom. The van der Waals surface area contributed by atoms with Gasteiger partial charge >= 0.3 is 5.97 Å². The van der Waals surface area contributed by atoms with Crippen LogP contribution in [0.1, 0.15) is 17.7 Å². The van der Waals surface area contributed by atoms with Crippen LogP contribution >= 0.6 is 0 Å². The van der Waals surface area contributed by atoms with Crippen molar-refractivity contribution >= 4 is 18.3 Å². The summed E-state index contributed by atoms with van der Waals surface area (Å²) in [5, 5.41) is 8.52. The zero-order chi connectivity index (χ0) is 11.1. The Bertz CT molecular complexity index is 368. The van der Waals surface area contributed by atoms with E-state index in [1.54, 1.807) is 30.5 Å². The number of nitrogens with zero attached hydrogens (tertiary/aromatic N) is 1. The fourth-order valence-corrected chi connectivity index (χ4v) is 1.05. The molecule has 4 nitrogen and oxygen atoms in total. The summed E-state index contributed by atoms with van der Waals surface area (Å²) in [5.74, 6) is -0.897. The lowest BCUT2D eigenvalue weighted by Gasteiger charge is -1.96. The van der Waals surface area contributed by atoms with Crippen molar-refractivity contribution in [3.63, 3.8) is 0 Å². The highest BCUT2D eigenvalue weighted by Crippen LogP contribution is 2.03. The van der Waals surface area contributed by atoms with Gasteiger partial charge in [-0.05, 0) is 11.6 Å². The molecule has 0 fully saturated rings. The summed E-state index contributed by atoms with van der Waals surface area (Å²) < 4.78 is 0. The first-order valence-corrected chi connectivity index (χ1v) is 4.49. The molecule has 1 aromatic heterocycles. The van der Waals surface area contributed by atoms with Crippen LogP contribution < -0.4 is 0 Å². The van der Waals surface area contributed by atoms with Crippen LogP contribution in [0.5, 0.6) is 0 Å². The first-order chi connectivity index (χ1) is 7.22. The minimum atomic E-state index is -0.897. The van der Waals surface area contributed by atoms with Gasteiger partial charge < -0.3 is 9.90 Å². The normalized spacial score (nSPS) is 10.4. The predicted octanol–water partition coefficient (Wildman–Crippen LogP) is 1.31. The SMILES string of the molecule is O=CCC=Cc1ccc(CC(=O)O)nc1. The van der Waals surface area contributed by atoms with Crippen molar-refractivity contribution in [2.45, 2.75) is 12.8 Å². The van der Waals surface area contributed by atoms with Crippen molar-refractivity contribution in [1.82, 2.24) is 4.98 Å². The molecule has 0 aliphatic heterocycles. The molecule has 15 heavy (non-hydrogen) atoms. The molecule has 0 aliphatic rings. The minimum Gasteiger partial charge on any atom is -0.481 e. The summed E-state index contributed by atoms with van der Waals surface area (Å²) in [4.78, 5) is 24.4. The third kappa shape index (κ3) is 4.17. The summed E-state index contributed by atoms with van der Waals surface area (Å²) in [6, 6.07) is 3.43. The molecule has 4 heteroatoms. The molecule has 0 unspecified atom stereocenters. The molecule has 1 N–H and O–H groups in total. The maximum atomic E-state index is 10.4. The van der Waals surface area contributed by atoms with Gasteiger partial charge in [-0.3, -0.25) is 9.78 Å². The highest BCUT2D eigenvalue weighted by atomic mass is 16.4. The first-order valence-electron chi connectivity index (χ1n) is 4.49. The van der Waals surface area contributed by atoms with E-state index < -0.39 is 5.97 Å². The Labute approximate surface area is 87.3 Å². The van der Waals surface area contributed by atoms with E-state index in [1.165, 1.54) is 0 Å². The highest BCUT2D eigenvalue weighted by molar-refractivity contribution is 5.69. The van der Waals surface area contributed by atoms with Crippen LogP contribution in [-0.2, 0) is 16.0 Å². The summed E-state index contributed by atoms with van der Waals surface area (Å²) in [7, 11) is 0. The number of carboxylic acid groups (broad SMARTS) is 1. The van der Waals surface area contributed by atoms with Crippen LogP contribution in [0.15, 0.2) is 24.4 Å². The number of pyridine rings is 1. The fourth-order valence-electron chi connectivity index (χ4n) is 1.05. The van der Waals surface area contributed by atoms with E-state index in [-0.39, 0.29) is 6.42 Å². The molecule has 0 saturated heterocycles. The molecular weight excluding hydrogens is 194 g/mol. The monoisotopic (exact) mass is 205 g/mol. The van der Waals surface area contributed by atoms with Crippen LogP contribution in [0.2, 0.25) is 0 Å². The Hall–Kier alpha value is -1.97. The minimum absolute atomic E-state index is 0.0711. The zero-order valence-electron chi connectivity index (χ0n) is 8.09. The number of rotatable bonds is 5. The van der Waals surface area contributed by atoms with E-state index >= 15 is 0 Å². The molecule has 1 aromatic rings. The lowest BCUT2D eigenvalue weighted by Crippen LogP contribution is -2.01. The Balaban J connectivity index is 2.63. The molecule has 0 aromatic carbocycles. The largest absolute Gasteiger partial charge is 0.481 e. The molecule has 0 amide bonds. The number of carbonyl (C=O) groups is 2. The number of carbonyl (C=O) groups excluding carboxylic acids is 1. The van der Waals surface area contributed by atoms with Crippen LogP contribution in [0.25, 0.3) is 6.08 Å². The average molecular weight is 205 g/mol. The van der Waals surface area contributed by atoms with Crippen molar-refractivity contribution < 1.29 is 14.7 Å². The topological polar surface area (TPSA) is 67.3 Å². The molecule has 0 saturated carbocycles. The van der Waals surface area contributed by atoms with E-state index in [0.29, 0.717) is 12.1 Å². The summed E-state index contributed by atoms with van der Waals surface area (Å²) >= 11 is 0. The fraction of sp³-hybridized carbons (Fsp3) is 0.182. The lowest BCUT2D eigenvalue weighted by atomic mass is 10.2. The van der Waals surface area contributed by atoms with Crippen LogP contribution in [-0.4, -0.2) is 22.3 Å². The standard InChI is InChI=1S/C11H11NO3/c13-6-2-1-3-9-4-5-10(12-8-9)7-11(14)15/h1,3-6,8H,2,7H2,(H,14,15). The maximum absolute atomic E-state index is 10.4. The van der Waals surface area contributed by atoms with Gasteiger partial charge in [0.1, 0.15) is 6.29 Å². The average Bonchev–Trinajstić information content (AvgIpc) is 2.20. The maximum Gasteiger partial charge on any atom is 0.309 e. The molecule has 0 spiro atoms. The second kappa shape index (κ2) is 5.70. The predicted molar refractivity (Wildman–Crippen MR) is 55.3 cm³/mol. The number of aldehydes is 1. The Morgan fingerprint density at radius 3 is 2.80 bits per heavy atom. The van der Waals surface area contributed by atoms with Gasteiger partial charge in [0.25, 0.3) is 0 Å². The first kappa shape index (κ1) is 11.1. The van der Waals surface area contributed by atoms with Crippen molar-refractivity contribution in [2.24, 2.45) is 0 Å². The highest BCUT2D eigenvalue weighted by Gasteiger charge is 2.00. The van der Waals surface area contributed by atoms with Crippen LogP contribution in [0.3, 0.4) is 0 Å². The lowest BCUT2D eigenvalue weighted by molar-refractivity contribution is -0.136. The van der Waals surface area contributed by atoms with Crippen molar-refractivity contribution in [3.05, 3.63) is 35.7 Å². The third-order valence-corrected chi connectivity index (χ3v) is 1.72. The Morgan fingerprint density at radius 1 is 1.47 bits per heavy atom. The quantitative estimate of drug-likeness (QED) is 0.736. The third-order valence-electron chi connectivity index (χ3n) is 1.72. The van der Waals surface area contributed by atoms with Gasteiger partial charge in [0, 0.05) is 12.6 Å². The molecule has 0 atom stereocenters. The van der Waals surface area contributed by atoms with Gasteiger partial charge in [-0.2, -0.15) is 0 Å². The number of aromatic nitrogens is 1. The number of carboxylic acids is 1. The second-order valence-corrected chi connectivity index (χ2v) is 2.96. The van der Waals surface area contributed by atoms with Gasteiger partial charge in [0.05, 0.1) is 12.1 Å². The molecule has 1 heterocycles. The van der Waals surface area contributed by atoms with E-state index in [0.717, 1.165) is 11.8 Å². The van der Waals surface area contributed by atoms with Crippen molar-refractivity contribution in [3.8, 4) is 0 Å². The Kier molecular flexibility index (Phi) is 4.22. The van der Waals surface area contributed by atoms with Crippen molar-refractivity contribution in [2.75, 3.05) is 0 Å². The summed E-state index contributed by atoms with van der Waals surface area (Å²) in [6.07, 6.45) is 6.18. The number of hydrogen-bond donors (Lipinski definition) is 1. The molecule has 1 rings (SSSR count). The smallest absolute Gasteiger partial charge is 0.309 e. The molecule has 0 aliphatic carbocycles. The molecule has 0 bridgehead atoms. The summed E-state index contributed by atoms with van der Waals surface area (Å²) in [5.41, 5.74) is 1.38. The van der Waals surface area contributed by atoms with E-state index in [4.69, 9.17) is 5.11 Å². The number of hydrogen-bond acceptors (Lipinski definition) is 3. The van der Waals surface area contributed by atoms with Crippen LogP contribution in [0, 0.1) is 0 Å². The van der Waals surface area contributed by atoms with E-state index in [9.17, 15) is 9.59 Å².